The predicted molar refractivity (Wildman–Crippen MR) is 73.1 cm³/mol. The van der Waals surface area contributed by atoms with Crippen molar-refractivity contribution in [3.8, 4) is 0 Å². The second-order valence-corrected chi connectivity index (χ2v) is 4.26. The molecule has 0 aromatic rings. The van der Waals surface area contributed by atoms with Gasteiger partial charge in [0.25, 0.3) is 0 Å². The lowest BCUT2D eigenvalue weighted by Crippen LogP contribution is -1.66. The third-order valence-corrected chi connectivity index (χ3v) is 1.91. The summed E-state index contributed by atoms with van der Waals surface area (Å²) in [6.07, 6.45) is 11.1. The number of hydrogen-bond acceptors (Lipinski definition) is 1. The van der Waals surface area contributed by atoms with Crippen LogP contribution in [0.2, 0.25) is 0 Å². The van der Waals surface area contributed by atoms with E-state index >= 15 is 0 Å². The van der Waals surface area contributed by atoms with E-state index in [0.29, 0.717) is 0 Å². The number of unbranched alkanes of at least 4 members (excludes halogenated alkanes) is 6. The Hall–Kier alpha value is 0.150. The molecule has 2 N–H and O–H groups in total. The summed E-state index contributed by atoms with van der Waals surface area (Å²) in [6.45, 7) is 8.93. The molecule has 0 atom stereocenters. The van der Waals surface area contributed by atoms with Gasteiger partial charge in [-0.25, -0.2) is 0 Å². The van der Waals surface area contributed by atoms with E-state index in [-0.39, 0.29) is 0 Å². The molecular formula is C12H31O3P. The van der Waals surface area contributed by atoms with Crippen LogP contribution >= 0.6 is 8.25 Å². The monoisotopic (exact) mass is 254 g/mol. The highest BCUT2D eigenvalue weighted by Crippen LogP contribution is 1.98. The largest absolute Gasteiger partial charge is 0.326 e. The second kappa shape index (κ2) is 24.4. The first-order chi connectivity index (χ1) is 7.56. The minimum absolute atomic E-state index is 1.36. The van der Waals surface area contributed by atoms with Crippen molar-refractivity contribution in [1.29, 1.82) is 0 Å². The first-order valence-electron chi connectivity index (χ1n) is 6.48. The maximum absolute atomic E-state index is 8.74. The van der Waals surface area contributed by atoms with Gasteiger partial charge in [0.05, 0.1) is 0 Å². The molecule has 0 saturated heterocycles. The number of rotatable bonds is 6. The van der Waals surface area contributed by atoms with E-state index in [1.807, 2.05) is 0 Å². The Morgan fingerprint density at radius 2 is 0.812 bits per heavy atom. The molecule has 0 aliphatic carbocycles. The van der Waals surface area contributed by atoms with Crippen LogP contribution in [0.5, 0.6) is 0 Å². The highest BCUT2D eigenvalue weighted by Gasteiger charge is 1.75. The van der Waals surface area contributed by atoms with E-state index < -0.39 is 8.25 Å². The molecule has 0 aliphatic heterocycles. The van der Waals surface area contributed by atoms with Crippen LogP contribution in [0.25, 0.3) is 0 Å². The van der Waals surface area contributed by atoms with Gasteiger partial charge in [-0.15, -0.1) is 0 Å². The molecule has 16 heavy (non-hydrogen) atoms. The topological polar surface area (TPSA) is 57.5 Å². The average Bonchev–Trinajstić information content (AvgIpc) is 2.23. The molecule has 0 aromatic heterocycles. The van der Waals surface area contributed by atoms with E-state index in [9.17, 15) is 0 Å². The lowest BCUT2D eigenvalue weighted by molar-refractivity contribution is 0.405. The smallest absolute Gasteiger partial charge is 0.314 e. The third kappa shape index (κ3) is 64.7. The predicted octanol–water partition coefficient (Wildman–Crippen LogP) is 4.53. The van der Waals surface area contributed by atoms with Crippen molar-refractivity contribution < 1.29 is 14.4 Å². The minimum atomic E-state index is -3.13. The van der Waals surface area contributed by atoms with Gasteiger partial charge in [-0.1, -0.05) is 79.1 Å². The Kier molecular flexibility index (Phi) is 32.7. The van der Waals surface area contributed by atoms with Gasteiger partial charge in [0.1, 0.15) is 0 Å². The zero-order valence-electron chi connectivity index (χ0n) is 11.5. The van der Waals surface area contributed by atoms with Crippen molar-refractivity contribution in [2.75, 3.05) is 0 Å². The van der Waals surface area contributed by atoms with Crippen LogP contribution in [0.3, 0.4) is 0 Å². The summed E-state index contributed by atoms with van der Waals surface area (Å²) in [5.41, 5.74) is 0. The maximum atomic E-state index is 8.74. The molecule has 0 unspecified atom stereocenters. The summed E-state index contributed by atoms with van der Waals surface area (Å²) in [5.74, 6) is 0. The average molecular weight is 254 g/mol. The van der Waals surface area contributed by atoms with Crippen molar-refractivity contribution in [3.63, 3.8) is 0 Å². The third-order valence-electron chi connectivity index (χ3n) is 1.91. The molecule has 0 heterocycles. The van der Waals surface area contributed by atoms with Gasteiger partial charge in [0.2, 0.25) is 0 Å². The molecule has 3 nitrogen and oxygen atoms in total. The summed E-state index contributed by atoms with van der Waals surface area (Å²) in [5, 5.41) is 0. The molecule has 4 heteroatoms. The van der Waals surface area contributed by atoms with Crippen molar-refractivity contribution in [1.82, 2.24) is 0 Å². The lowest BCUT2D eigenvalue weighted by atomic mass is 10.2. The Morgan fingerprint density at radius 3 is 0.875 bits per heavy atom. The summed E-state index contributed by atoms with van der Waals surface area (Å²) in [7, 11) is -3.13. The quantitative estimate of drug-likeness (QED) is 0.540. The van der Waals surface area contributed by atoms with Crippen LogP contribution in [-0.4, -0.2) is 9.79 Å². The van der Waals surface area contributed by atoms with Crippen molar-refractivity contribution >= 4 is 8.25 Å². The maximum Gasteiger partial charge on any atom is 0.314 e. The van der Waals surface area contributed by atoms with Crippen molar-refractivity contribution in [2.24, 2.45) is 0 Å². The van der Waals surface area contributed by atoms with Crippen molar-refractivity contribution in [2.45, 2.75) is 79.1 Å². The van der Waals surface area contributed by atoms with E-state index in [2.05, 4.69) is 27.7 Å². The van der Waals surface area contributed by atoms with Crippen LogP contribution in [0.1, 0.15) is 79.1 Å². The zero-order valence-corrected chi connectivity index (χ0v) is 12.5. The van der Waals surface area contributed by atoms with Crippen LogP contribution in [0, 0.1) is 0 Å². The van der Waals surface area contributed by atoms with E-state index in [4.69, 9.17) is 14.4 Å². The van der Waals surface area contributed by atoms with E-state index in [1.165, 1.54) is 51.4 Å². The summed E-state index contributed by atoms with van der Waals surface area (Å²) in [4.78, 5) is 14.3. The molecule has 0 amide bonds. The molecule has 0 rings (SSSR count). The van der Waals surface area contributed by atoms with E-state index in [0.717, 1.165) is 0 Å². The van der Waals surface area contributed by atoms with Crippen molar-refractivity contribution in [3.05, 3.63) is 0 Å². The Balaban J connectivity index is -0.000000162. The molecule has 0 fully saturated rings. The SMILES string of the molecule is CCCCCC.CCCCCC.O=[PH](O)O. The van der Waals surface area contributed by atoms with Gasteiger partial charge >= 0.3 is 8.25 Å². The fourth-order valence-electron chi connectivity index (χ4n) is 1.000. The first-order valence-corrected chi connectivity index (χ1v) is 7.78. The van der Waals surface area contributed by atoms with Gasteiger partial charge in [-0.3, -0.25) is 4.57 Å². The molecule has 0 bridgehead atoms. The molecule has 0 spiro atoms. The summed E-state index contributed by atoms with van der Waals surface area (Å²) in [6, 6.07) is 0. The second-order valence-electron chi connectivity index (χ2n) is 3.70. The fourth-order valence-corrected chi connectivity index (χ4v) is 1.000. The molecule has 0 aliphatic rings. The molecule has 0 aromatic carbocycles. The lowest BCUT2D eigenvalue weighted by Gasteiger charge is -1.86. The van der Waals surface area contributed by atoms with E-state index in [1.54, 1.807) is 0 Å². The van der Waals surface area contributed by atoms with Gasteiger partial charge in [0.15, 0.2) is 0 Å². The normalized spacial score (nSPS) is 8.94. The molecule has 102 valence electrons. The Bertz CT molecular complexity index is 98.8. The molecular weight excluding hydrogens is 223 g/mol. The van der Waals surface area contributed by atoms with Gasteiger partial charge < -0.3 is 9.79 Å². The fraction of sp³-hybridized carbons (Fsp3) is 1.00. The minimum Gasteiger partial charge on any atom is -0.326 e. The van der Waals surface area contributed by atoms with Crippen LogP contribution in [0.15, 0.2) is 0 Å². The van der Waals surface area contributed by atoms with Crippen LogP contribution < -0.4 is 0 Å². The van der Waals surface area contributed by atoms with Crippen LogP contribution in [0.4, 0.5) is 0 Å². The summed E-state index contributed by atoms with van der Waals surface area (Å²) >= 11 is 0. The molecule has 0 saturated carbocycles. The standard InChI is InChI=1S/2C6H14.H3O3P/c2*1-3-5-6-4-2;1-4(2)3/h2*3-6H2,1-2H3;4H,(H2,1,2,3). The zero-order chi connectivity index (χ0) is 13.2. The van der Waals surface area contributed by atoms with Gasteiger partial charge in [0, 0.05) is 0 Å². The van der Waals surface area contributed by atoms with Crippen LogP contribution in [-0.2, 0) is 4.57 Å². The number of hydrogen-bond donors (Lipinski definition) is 2. The summed E-state index contributed by atoms with van der Waals surface area (Å²) < 4.78 is 8.74. The first kappa shape index (κ1) is 21.4. The highest BCUT2D eigenvalue weighted by molar-refractivity contribution is 7.30. The molecule has 0 radical (unpaired) electrons. The van der Waals surface area contributed by atoms with Gasteiger partial charge in [-0.2, -0.15) is 0 Å². The Labute approximate surface area is 102 Å². The van der Waals surface area contributed by atoms with Gasteiger partial charge in [-0.05, 0) is 0 Å². The Morgan fingerprint density at radius 1 is 0.688 bits per heavy atom. The highest BCUT2D eigenvalue weighted by atomic mass is 31.1.